The van der Waals surface area contributed by atoms with Crippen molar-refractivity contribution in [2.75, 3.05) is 13.1 Å². The average Bonchev–Trinajstić information content (AvgIpc) is 3.44. The van der Waals surface area contributed by atoms with Crippen molar-refractivity contribution in [3.05, 3.63) is 30.3 Å². The maximum absolute atomic E-state index is 13.4. The number of benzene rings is 1. The first-order valence-corrected chi connectivity index (χ1v) is 12.3. The number of hydrogen-bond acceptors (Lipinski definition) is 5. The first-order valence-electron chi connectivity index (χ1n) is 12.3. The molecule has 0 unspecified atom stereocenters. The molecule has 0 N–H and O–H groups in total. The summed E-state index contributed by atoms with van der Waals surface area (Å²) in [6.07, 6.45) is -0.394. The number of hydrogen-bond donors (Lipinski definition) is 0. The SMILES string of the molecule is CC(C)n1ncc2ccc(-c3noc(C4CCN(C(=O)CCC5(C(F)(F)F)CCC5)CC4)n3)cc21. The van der Waals surface area contributed by atoms with Crippen LogP contribution in [0.2, 0.25) is 0 Å². The van der Waals surface area contributed by atoms with E-state index >= 15 is 0 Å². The molecule has 7 nitrogen and oxygen atoms in total. The number of piperidine rings is 1. The van der Waals surface area contributed by atoms with Crippen LogP contribution in [-0.2, 0) is 4.79 Å². The van der Waals surface area contributed by atoms with Crippen LogP contribution in [0.3, 0.4) is 0 Å². The molecule has 0 bridgehead atoms. The number of fused-ring (bicyclic) bond motifs is 1. The quantitative estimate of drug-likeness (QED) is 0.432. The second-order valence-electron chi connectivity index (χ2n) is 10.2. The fourth-order valence-corrected chi connectivity index (χ4v) is 5.27. The van der Waals surface area contributed by atoms with Crippen molar-refractivity contribution in [1.29, 1.82) is 0 Å². The van der Waals surface area contributed by atoms with Crippen molar-refractivity contribution in [2.45, 2.75) is 76.9 Å². The van der Waals surface area contributed by atoms with E-state index in [9.17, 15) is 18.0 Å². The Morgan fingerprint density at radius 2 is 1.97 bits per heavy atom. The minimum Gasteiger partial charge on any atom is -0.343 e. The van der Waals surface area contributed by atoms with Gasteiger partial charge in [-0.05, 0) is 52.0 Å². The van der Waals surface area contributed by atoms with Gasteiger partial charge in [-0.2, -0.15) is 23.3 Å². The van der Waals surface area contributed by atoms with Gasteiger partial charge in [0.2, 0.25) is 17.6 Å². The van der Waals surface area contributed by atoms with Crippen LogP contribution < -0.4 is 0 Å². The molecule has 1 amide bonds. The van der Waals surface area contributed by atoms with Crippen molar-refractivity contribution in [2.24, 2.45) is 5.41 Å². The van der Waals surface area contributed by atoms with Gasteiger partial charge in [-0.1, -0.05) is 23.7 Å². The number of alkyl halides is 3. The second-order valence-corrected chi connectivity index (χ2v) is 10.2. The number of rotatable bonds is 6. The van der Waals surface area contributed by atoms with Gasteiger partial charge in [-0.15, -0.1) is 0 Å². The lowest BCUT2D eigenvalue weighted by molar-refractivity contribution is -0.253. The number of carbonyl (C=O) groups excluding carboxylic acids is 1. The molecule has 1 aromatic carbocycles. The van der Waals surface area contributed by atoms with Crippen LogP contribution in [0.5, 0.6) is 0 Å². The summed E-state index contributed by atoms with van der Waals surface area (Å²) in [6, 6.07) is 6.17. The highest BCUT2D eigenvalue weighted by Gasteiger charge is 2.57. The number of likely N-dealkylation sites (tertiary alicyclic amines) is 1. The molecule has 3 heterocycles. The van der Waals surface area contributed by atoms with Crippen LogP contribution in [-0.4, -0.2) is 50.0 Å². The van der Waals surface area contributed by atoms with E-state index in [1.54, 1.807) is 4.90 Å². The van der Waals surface area contributed by atoms with Gasteiger partial charge in [0.05, 0.1) is 17.1 Å². The number of aromatic nitrogens is 4. The number of amides is 1. The van der Waals surface area contributed by atoms with Crippen LogP contribution in [0.25, 0.3) is 22.3 Å². The molecule has 188 valence electrons. The summed E-state index contributed by atoms with van der Waals surface area (Å²) in [5.74, 6) is 0.878. The highest BCUT2D eigenvalue weighted by Crippen LogP contribution is 2.56. The molecule has 0 atom stereocenters. The van der Waals surface area contributed by atoms with Crippen LogP contribution >= 0.6 is 0 Å². The monoisotopic (exact) mass is 489 g/mol. The summed E-state index contributed by atoms with van der Waals surface area (Å²) < 4.78 is 47.6. The molecule has 3 aromatic rings. The Hall–Kier alpha value is -2.91. The highest BCUT2D eigenvalue weighted by atomic mass is 19.4. The van der Waals surface area contributed by atoms with Gasteiger partial charge >= 0.3 is 6.18 Å². The molecule has 0 radical (unpaired) electrons. The van der Waals surface area contributed by atoms with E-state index in [0.717, 1.165) is 16.5 Å². The Balaban J connectivity index is 1.19. The lowest BCUT2D eigenvalue weighted by Crippen LogP contribution is -2.45. The average molecular weight is 490 g/mol. The van der Waals surface area contributed by atoms with Gasteiger partial charge in [0.25, 0.3) is 0 Å². The van der Waals surface area contributed by atoms with E-state index in [2.05, 4.69) is 29.1 Å². The zero-order chi connectivity index (χ0) is 24.8. The summed E-state index contributed by atoms with van der Waals surface area (Å²) >= 11 is 0. The van der Waals surface area contributed by atoms with Gasteiger partial charge in [0.1, 0.15) is 0 Å². The first-order chi connectivity index (χ1) is 16.7. The Morgan fingerprint density at radius 3 is 2.60 bits per heavy atom. The number of nitrogens with zero attached hydrogens (tertiary/aromatic N) is 5. The maximum Gasteiger partial charge on any atom is 0.394 e. The second kappa shape index (κ2) is 8.95. The van der Waals surface area contributed by atoms with Crippen LogP contribution in [0.1, 0.15) is 76.6 Å². The third-order valence-corrected chi connectivity index (χ3v) is 7.71. The lowest BCUT2D eigenvalue weighted by Gasteiger charge is -2.43. The molecular formula is C25H30F3N5O2. The number of carbonyl (C=O) groups is 1. The van der Waals surface area contributed by atoms with E-state index in [4.69, 9.17) is 4.52 Å². The van der Waals surface area contributed by atoms with E-state index in [-0.39, 0.29) is 43.6 Å². The van der Waals surface area contributed by atoms with Gasteiger partial charge < -0.3 is 9.42 Å². The van der Waals surface area contributed by atoms with Crippen molar-refractivity contribution < 1.29 is 22.5 Å². The largest absolute Gasteiger partial charge is 0.394 e. The lowest BCUT2D eigenvalue weighted by atomic mass is 9.65. The van der Waals surface area contributed by atoms with Crippen molar-refractivity contribution >= 4 is 16.8 Å². The molecule has 2 aromatic heterocycles. The summed E-state index contributed by atoms with van der Waals surface area (Å²) in [5.41, 5.74) is 0.193. The minimum atomic E-state index is -4.23. The van der Waals surface area contributed by atoms with E-state index in [1.165, 1.54) is 0 Å². The molecule has 10 heteroatoms. The van der Waals surface area contributed by atoms with Crippen molar-refractivity contribution in [3.63, 3.8) is 0 Å². The van der Waals surface area contributed by atoms with E-state index in [1.807, 2.05) is 29.1 Å². The summed E-state index contributed by atoms with van der Waals surface area (Å²) in [6.45, 7) is 5.12. The summed E-state index contributed by atoms with van der Waals surface area (Å²) in [5, 5.41) is 9.66. The molecule has 2 aliphatic rings. The Kier molecular flexibility index (Phi) is 6.09. The Morgan fingerprint density at radius 1 is 1.23 bits per heavy atom. The molecule has 5 rings (SSSR count). The third-order valence-electron chi connectivity index (χ3n) is 7.71. The smallest absolute Gasteiger partial charge is 0.343 e. The third kappa shape index (κ3) is 4.43. The zero-order valence-corrected chi connectivity index (χ0v) is 20.0. The summed E-state index contributed by atoms with van der Waals surface area (Å²) in [7, 11) is 0. The number of halogens is 3. The zero-order valence-electron chi connectivity index (χ0n) is 20.0. The fourth-order valence-electron chi connectivity index (χ4n) is 5.27. The fraction of sp³-hybridized carbons (Fsp3) is 0.600. The van der Waals surface area contributed by atoms with Gasteiger partial charge in [0.15, 0.2) is 0 Å². The van der Waals surface area contributed by atoms with Crippen LogP contribution in [0.4, 0.5) is 13.2 Å². The topological polar surface area (TPSA) is 77.0 Å². The normalized spacial score (nSPS) is 18.9. The van der Waals surface area contributed by atoms with Crippen LogP contribution in [0.15, 0.2) is 28.9 Å². The highest BCUT2D eigenvalue weighted by molar-refractivity contribution is 5.83. The molecule has 35 heavy (non-hydrogen) atoms. The van der Waals surface area contributed by atoms with Gasteiger partial charge in [-0.3, -0.25) is 9.48 Å². The molecular weight excluding hydrogens is 459 g/mol. The van der Waals surface area contributed by atoms with Crippen LogP contribution in [0, 0.1) is 5.41 Å². The van der Waals surface area contributed by atoms with E-state index < -0.39 is 11.6 Å². The van der Waals surface area contributed by atoms with Gasteiger partial charge in [0, 0.05) is 42.4 Å². The maximum atomic E-state index is 13.4. The Bertz CT molecular complexity index is 1200. The van der Waals surface area contributed by atoms with Crippen molar-refractivity contribution in [3.8, 4) is 11.4 Å². The van der Waals surface area contributed by atoms with Crippen molar-refractivity contribution in [1.82, 2.24) is 24.8 Å². The minimum absolute atomic E-state index is 0.0263. The summed E-state index contributed by atoms with van der Waals surface area (Å²) in [4.78, 5) is 18.9. The standard InChI is InChI=1S/C25H30F3N5O2/c1-16(2)33-20-14-18(4-5-19(20)15-29-33)22-30-23(35-31-22)17-7-12-32(13-8-17)21(34)6-11-24(9-3-10-24)25(26,27)28/h4-5,14-17H,3,6-13H2,1-2H3. The molecule has 1 saturated heterocycles. The predicted molar refractivity (Wildman–Crippen MR) is 124 cm³/mol. The molecule has 1 saturated carbocycles. The molecule has 0 spiro atoms. The predicted octanol–water partition coefficient (Wildman–Crippen LogP) is 5.89. The molecule has 1 aliphatic carbocycles. The molecule has 1 aliphatic heterocycles. The first kappa shape index (κ1) is 23.8. The molecule has 2 fully saturated rings. The van der Waals surface area contributed by atoms with E-state index in [0.29, 0.717) is 44.1 Å². The van der Waals surface area contributed by atoms with Gasteiger partial charge in [-0.25, -0.2) is 0 Å². The Labute approximate surface area is 201 Å².